The molecule has 0 aromatic heterocycles. The number of carbonyl (C=O) groups excluding carboxylic acids is 2. The quantitative estimate of drug-likeness (QED) is 0.0898. The number of aliphatic hydroxyl groups excluding tert-OH is 1. The van der Waals surface area contributed by atoms with Crippen LogP contribution in [0.3, 0.4) is 0 Å². The average Bonchev–Trinajstić information content (AvgIpc) is 3.38. The molecule has 4 atom stereocenters. The first-order valence-electron chi connectivity index (χ1n) is 26.1. The minimum absolute atomic E-state index is 0.152. The molecule has 73 heavy (non-hydrogen) atoms. The highest BCUT2D eigenvalue weighted by molar-refractivity contribution is 5.95. The SMILES string of the molecule is CCCOc1ccc(C2CCC[C@H]3CN(C(=O)c4ccc(C(F)(F)F)cc4)CCN23)c(C)c1C.Cc1c(OCCCCNCCO)ccc(C2CCC[C@H]3CN(C(=O)c4ccc(C(F)(F)F)cc4)CCN23)c1C. The predicted molar refractivity (Wildman–Crippen MR) is 271 cm³/mol. The summed E-state index contributed by atoms with van der Waals surface area (Å²) in [6.45, 7) is 17.5. The Morgan fingerprint density at radius 1 is 0.575 bits per heavy atom. The molecule has 398 valence electrons. The minimum atomic E-state index is -4.41. The number of fused-ring (bicyclic) bond motifs is 2. The zero-order valence-electron chi connectivity index (χ0n) is 43.0. The minimum Gasteiger partial charge on any atom is -0.493 e. The first-order valence-corrected chi connectivity index (χ1v) is 26.1. The summed E-state index contributed by atoms with van der Waals surface area (Å²) in [5, 5.41) is 12.0. The summed E-state index contributed by atoms with van der Waals surface area (Å²) in [6, 6.07) is 18.7. The van der Waals surface area contributed by atoms with Gasteiger partial charge in [-0.3, -0.25) is 19.4 Å². The fourth-order valence-electron chi connectivity index (χ4n) is 11.1. The molecule has 2 unspecified atom stereocenters. The van der Waals surface area contributed by atoms with Crippen molar-refractivity contribution in [1.82, 2.24) is 24.9 Å². The van der Waals surface area contributed by atoms with Gasteiger partial charge in [-0.2, -0.15) is 26.3 Å². The van der Waals surface area contributed by atoms with Gasteiger partial charge >= 0.3 is 12.4 Å². The van der Waals surface area contributed by atoms with Crippen molar-refractivity contribution in [2.24, 2.45) is 0 Å². The van der Waals surface area contributed by atoms with Crippen LogP contribution in [0.1, 0.15) is 142 Å². The second-order valence-corrected chi connectivity index (χ2v) is 20.0. The Morgan fingerprint density at radius 2 is 1.01 bits per heavy atom. The smallest absolute Gasteiger partial charge is 0.416 e. The van der Waals surface area contributed by atoms with E-state index in [1.165, 1.54) is 52.1 Å². The second-order valence-electron chi connectivity index (χ2n) is 20.0. The van der Waals surface area contributed by atoms with Gasteiger partial charge in [0.15, 0.2) is 0 Å². The van der Waals surface area contributed by atoms with Crippen LogP contribution in [0.15, 0.2) is 72.8 Å². The van der Waals surface area contributed by atoms with E-state index in [1.54, 1.807) is 9.80 Å². The van der Waals surface area contributed by atoms with E-state index in [2.05, 4.69) is 74.0 Å². The lowest BCUT2D eigenvalue weighted by molar-refractivity contribution is -0.138. The topological polar surface area (TPSA) is 97.8 Å². The van der Waals surface area contributed by atoms with E-state index >= 15 is 0 Å². The summed E-state index contributed by atoms with van der Waals surface area (Å²) in [5.41, 5.74) is 6.61. The summed E-state index contributed by atoms with van der Waals surface area (Å²) in [5.74, 6) is 1.46. The number of halogens is 6. The van der Waals surface area contributed by atoms with Crippen LogP contribution in [-0.2, 0) is 12.4 Å². The molecule has 4 fully saturated rings. The molecule has 0 aliphatic carbocycles. The molecule has 4 aromatic carbocycles. The molecule has 4 heterocycles. The highest BCUT2D eigenvalue weighted by atomic mass is 19.4. The monoisotopic (exact) mass is 1020 g/mol. The van der Waals surface area contributed by atoms with Gasteiger partial charge in [0.1, 0.15) is 11.5 Å². The number of piperazine rings is 2. The van der Waals surface area contributed by atoms with Crippen molar-refractivity contribution < 1.29 is 50.5 Å². The van der Waals surface area contributed by atoms with Gasteiger partial charge in [-0.05, 0) is 186 Å². The third-order valence-corrected chi connectivity index (χ3v) is 15.4. The molecule has 16 heteroatoms. The van der Waals surface area contributed by atoms with Crippen molar-refractivity contribution in [3.63, 3.8) is 0 Å². The number of ether oxygens (including phenoxy) is 2. The largest absolute Gasteiger partial charge is 0.493 e. The third kappa shape index (κ3) is 13.6. The molecule has 4 aliphatic heterocycles. The first kappa shape index (κ1) is 55.6. The Bertz CT molecular complexity index is 2470. The number of unbranched alkanes of at least 4 members (excludes halogenated alkanes) is 1. The molecule has 4 aromatic rings. The van der Waals surface area contributed by atoms with E-state index in [9.17, 15) is 35.9 Å². The fourth-order valence-corrected chi connectivity index (χ4v) is 11.1. The number of carbonyl (C=O) groups is 2. The molecule has 4 aliphatic rings. The molecule has 2 amide bonds. The molecule has 4 saturated heterocycles. The maximum Gasteiger partial charge on any atom is 0.416 e. The first-order chi connectivity index (χ1) is 34.9. The normalized spacial score (nSPS) is 20.7. The number of rotatable bonds is 15. The molecule has 8 rings (SSSR count). The van der Waals surface area contributed by atoms with E-state index in [0.717, 1.165) is 119 Å². The molecular formula is C57H73F6N5O5. The number of alkyl halides is 6. The van der Waals surface area contributed by atoms with Crippen LogP contribution in [0.25, 0.3) is 0 Å². The van der Waals surface area contributed by atoms with Gasteiger partial charge in [-0.15, -0.1) is 0 Å². The summed E-state index contributed by atoms with van der Waals surface area (Å²) in [7, 11) is 0. The van der Waals surface area contributed by atoms with Crippen molar-refractivity contribution in [1.29, 1.82) is 0 Å². The van der Waals surface area contributed by atoms with Crippen LogP contribution in [0.2, 0.25) is 0 Å². The lowest BCUT2D eigenvalue weighted by atomic mass is 9.86. The lowest BCUT2D eigenvalue weighted by Gasteiger charge is -2.49. The van der Waals surface area contributed by atoms with Crippen molar-refractivity contribution in [3.8, 4) is 11.5 Å². The van der Waals surface area contributed by atoms with Gasteiger partial charge in [0.2, 0.25) is 0 Å². The Labute approximate surface area is 427 Å². The Balaban J connectivity index is 0.000000216. The van der Waals surface area contributed by atoms with Crippen LogP contribution in [-0.4, -0.2) is 121 Å². The van der Waals surface area contributed by atoms with Crippen molar-refractivity contribution in [3.05, 3.63) is 128 Å². The highest BCUT2D eigenvalue weighted by Crippen LogP contribution is 2.42. The number of nitrogens with zero attached hydrogens (tertiary/aromatic N) is 4. The van der Waals surface area contributed by atoms with Gasteiger partial charge in [0.05, 0.1) is 30.9 Å². The van der Waals surface area contributed by atoms with Crippen molar-refractivity contribution >= 4 is 11.8 Å². The van der Waals surface area contributed by atoms with Crippen LogP contribution >= 0.6 is 0 Å². The van der Waals surface area contributed by atoms with Crippen LogP contribution < -0.4 is 14.8 Å². The molecule has 0 radical (unpaired) electrons. The molecule has 2 N–H and O–H groups in total. The Kier molecular flexibility index (Phi) is 19.0. The molecule has 0 spiro atoms. The summed E-state index contributed by atoms with van der Waals surface area (Å²) in [6.07, 6.45) is 0.401. The van der Waals surface area contributed by atoms with E-state index in [1.807, 2.05) is 0 Å². The standard InChI is InChI=1S/C30H40F3N3O3.C27H33F3N2O2/c1-21-22(2)28(39-19-4-3-14-34-15-18-37)13-12-26(21)27-7-5-6-25-20-35(16-17-36(25)27)29(38)23-8-10-24(11-9-23)30(31,32)33;1-4-16-34-25-13-12-23(18(2)19(25)3)24-7-5-6-22-17-31(14-15-32(22)24)26(33)20-8-10-21(11-9-20)27(28,29)30/h8-13,25,27,34,37H,3-7,14-20H2,1-2H3;8-13,22,24H,4-7,14-17H2,1-3H3/t25-,27?;22-,24?/m00/s1. The second kappa shape index (κ2) is 24.9. The third-order valence-electron chi connectivity index (χ3n) is 15.4. The number of hydrogen-bond donors (Lipinski definition) is 2. The number of hydrogen-bond acceptors (Lipinski definition) is 8. The van der Waals surface area contributed by atoms with E-state index in [-0.39, 0.29) is 36.5 Å². The highest BCUT2D eigenvalue weighted by Gasteiger charge is 2.40. The average molecular weight is 1020 g/mol. The fraction of sp³-hybridized carbons (Fsp3) is 0.544. The molecule has 10 nitrogen and oxygen atoms in total. The van der Waals surface area contributed by atoms with Gasteiger partial charge in [0, 0.05) is 81.1 Å². The van der Waals surface area contributed by atoms with Gasteiger partial charge in [-0.25, -0.2) is 0 Å². The number of piperidine rings is 2. The van der Waals surface area contributed by atoms with E-state index < -0.39 is 23.5 Å². The molecule has 0 saturated carbocycles. The zero-order chi connectivity index (χ0) is 52.5. The number of aliphatic hydroxyl groups is 1. The number of amides is 2. The van der Waals surface area contributed by atoms with Crippen molar-refractivity contribution in [2.75, 3.05) is 72.2 Å². The Morgan fingerprint density at radius 3 is 1.42 bits per heavy atom. The van der Waals surface area contributed by atoms with Gasteiger partial charge in [0.25, 0.3) is 11.8 Å². The van der Waals surface area contributed by atoms with Gasteiger partial charge < -0.3 is 29.7 Å². The molecular weight excluding hydrogens is 949 g/mol. The zero-order valence-corrected chi connectivity index (χ0v) is 43.0. The van der Waals surface area contributed by atoms with Gasteiger partial charge in [-0.1, -0.05) is 19.1 Å². The summed E-state index contributed by atoms with van der Waals surface area (Å²) >= 11 is 0. The number of benzene rings is 4. The Hall–Kier alpha value is -5.16. The van der Waals surface area contributed by atoms with Crippen LogP contribution in [0.4, 0.5) is 26.3 Å². The van der Waals surface area contributed by atoms with Crippen molar-refractivity contribution in [2.45, 2.75) is 129 Å². The van der Waals surface area contributed by atoms with Crippen LogP contribution in [0.5, 0.6) is 11.5 Å². The molecule has 0 bridgehead atoms. The summed E-state index contributed by atoms with van der Waals surface area (Å²) in [4.78, 5) is 34.7. The predicted octanol–water partition coefficient (Wildman–Crippen LogP) is 11.3. The maximum atomic E-state index is 13.1. The van der Waals surface area contributed by atoms with E-state index in [4.69, 9.17) is 14.6 Å². The lowest BCUT2D eigenvalue weighted by Crippen LogP contribution is -2.57. The maximum absolute atomic E-state index is 13.1. The van der Waals surface area contributed by atoms with E-state index in [0.29, 0.717) is 63.1 Å². The van der Waals surface area contributed by atoms with Crippen LogP contribution in [0, 0.1) is 27.7 Å². The summed E-state index contributed by atoms with van der Waals surface area (Å²) < 4.78 is 89.3. The number of nitrogens with one attached hydrogen (secondary N) is 1.